The summed E-state index contributed by atoms with van der Waals surface area (Å²) in [6.07, 6.45) is -6.09. The van der Waals surface area contributed by atoms with Gasteiger partial charge in [-0.1, -0.05) is 11.6 Å². The fraction of sp³-hybridized carbons (Fsp3) is 0.250. The van der Waals surface area contributed by atoms with Crippen LogP contribution in [0.5, 0.6) is 0 Å². The summed E-state index contributed by atoms with van der Waals surface area (Å²) in [6.45, 7) is 1.23. The topological polar surface area (TPSA) is 38.3 Å². The molecule has 1 aliphatic rings. The Balaban J connectivity index is 2.78. The zero-order valence-electron chi connectivity index (χ0n) is 9.56. The van der Waals surface area contributed by atoms with Gasteiger partial charge in [0.1, 0.15) is 0 Å². The van der Waals surface area contributed by atoms with E-state index in [-0.39, 0.29) is 16.3 Å². The van der Waals surface area contributed by atoms with E-state index in [9.17, 15) is 18.0 Å². The summed E-state index contributed by atoms with van der Waals surface area (Å²) in [6, 6.07) is 3.72. The van der Waals surface area contributed by atoms with Gasteiger partial charge in [0.15, 0.2) is 0 Å². The third-order valence-electron chi connectivity index (χ3n) is 2.54. The van der Waals surface area contributed by atoms with Gasteiger partial charge in [-0.3, -0.25) is 5.32 Å². The van der Waals surface area contributed by atoms with Gasteiger partial charge < -0.3 is 4.74 Å². The van der Waals surface area contributed by atoms with Gasteiger partial charge in [-0.2, -0.15) is 13.2 Å². The van der Waals surface area contributed by atoms with Crippen molar-refractivity contribution < 1.29 is 22.7 Å². The van der Waals surface area contributed by atoms with Crippen LogP contribution >= 0.6 is 11.6 Å². The highest BCUT2D eigenvalue weighted by atomic mass is 35.5. The fourth-order valence-corrected chi connectivity index (χ4v) is 1.97. The number of carbonyl (C=O) groups excluding carboxylic acids is 1. The van der Waals surface area contributed by atoms with Crippen LogP contribution in [0.2, 0.25) is 5.02 Å². The van der Waals surface area contributed by atoms with Crippen molar-refractivity contribution in [3.63, 3.8) is 0 Å². The Hall–Kier alpha value is -1.87. The lowest BCUT2D eigenvalue weighted by molar-refractivity contribution is -0.239. The van der Waals surface area contributed by atoms with Crippen LogP contribution in [-0.2, 0) is 10.3 Å². The van der Waals surface area contributed by atoms with Gasteiger partial charge in [0.25, 0.3) is 5.60 Å². The van der Waals surface area contributed by atoms with Crippen LogP contribution in [0.25, 0.3) is 0 Å². The van der Waals surface area contributed by atoms with Gasteiger partial charge >= 0.3 is 12.3 Å². The molecule has 0 aliphatic carbocycles. The number of alkyl halides is 3. The first-order chi connectivity index (χ1) is 8.80. The van der Waals surface area contributed by atoms with Gasteiger partial charge in [0.2, 0.25) is 0 Å². The van der Waals surface area contributed by atoms with Crippen molar-refractivity contribution in [1.82, 2.24) is 0 Å². The van der Waals surface area contributed by atoms with Crippen molar-refractivity contribution in [1.29, 1.82) is 0 Å². The lowest BCUT2D eigenvalue weighted by Crippen LogP contribution is -2.49. The van der Waals surface area contributed by atoms with Crippen LogP contribution in [0.4, 0.5) is 23.7 Å². The molecule has 0 radical (unpaired) electrons. The number of nitrogens with one attached hydrogen (secondary N) is 1. The Bertz CT molecular complexity index is 603. The maximum Gasteiger partial charge on any atom is 0.445 e. The monoisotopic (exact) mass is 289 g/mol. The summed E-state index contributed by atoms with van der Waals surface area (Å²) < 4.78 is 44.4. The molecule has 1 heterocycles. The molecule has 1 amide bonds. The van der Waals surface area contributed by atoms with E-state index in [1.807, 2.05) is 5.92 Å². The van der Waals surface area contributed by atoms with E-state index in [1.54, 1.807) is 0 Å². The minimum atomic E-state index is -4.88. The maximum atomic E-state index is 13.3. The third-order valence-corrected chi connectivity index (χ3v) is 2.78. The Morgan fingerprint density at radius 3 is 2.68 bits per heavy atom. The molecule has 1 unspecified atom stereocenters. The van der Waals surface area contributed by atoms with E-state index in [2.05, 4.69) is 16.0 Å². The van der Waals surface area contributed by atoms with E-state index < -0.39 is 17.9 Å². The number of fused-ring (bicyclic) bond motifs is 1. The van der Waals surface area contributed by atoms with Crippen molar-refractivity contribution in [3.05, 3.63) is 28.8 Å². The van der Waals surface area contributed by atoms with E-state index in [4.69, 9.17) is 11.6 Å². The molecule has 0 bridgehead atoms. The largest absolute Gasteiger partial charge is 0.445 e. The summed E-state index contributed by atoms with van der Waals surface area (Å²) in [4.78, 5) is 11.3. The number of hydrogen-bond donors (Lipinski definition) is 1. The number of cyclic esters (lactones) is 1. The molecular formula is C12H7ClF3NO2. The predicted octanol–water partition coefficient (Wildman–Crippen LogP) is 3.68. The second kappa shape index (κ2) is 4.35. The van der Waals surface area contributed by atoms with E-state index in [1.165, 1.54) is 19.1 Å². The van der Waals surface area contributed by atoms with Crippen LogP contribution in [-0.4, -0.2) is 12.3 Å². The predicted molar refractivity (Wildman–Crippen MR) is 62.7 cm³/mol. The first-order valence-electron chi connectivity index (χ1n) is 5.11. The zero-order valence-corrected chi connectivity index (χ0v) is 10.3. The lowest BCUT2D eigenvalue weighted by Gasteiger charge is -2.35. The van der Waals surface area contributed by atoms with Gasteiger partial charge in [0, 0.05) is 10.6 Å². The lowest BCUT2D eigenvalue weighted by atomic mass is 9.90. The Kier molecular flexibility index (Phi) is 3.11. The average Bonchev–Trinajstić information content (AvgIpc) is 2.28. The number of amides is 1. The van der Waals surface area contributed by atoms with Crippen molar-refractivity contribution >= 4 is 23.4 Å². The van der Waals surface area contributed by atoms with E-state index in [0.29, 0.717) is 0 Å². The first kappa shape index (κ1) is 13.6. The highest BCUT2D eigenvalue weighted by Gasteiger charge is 2.61. The second-order valence-electron chi connectivity index (χ2n) is 3.76. The van der Waals surface area contributed by atoms with Gasteiger partial charge in [-0.15, -0.1) is 5.92 Å². The highest BCUT2D eigenvalue weighted by molar-refractivity contribution is 6.30. The SMILES string of the molecule is CC#CC1(C(F)(F)F)OC(=O)Nc2ccc(Cl)cc21. The summed E-state index contributed by atoms with van der Waals surface area (Å²) >= 11 is 5.71. The number of benzene rings is 1. The van der Waals surface area contributed by atoms with E-state index >= 15 is 0 Å². The number of halogens is 4. The molecule has 0 saturated heterocycles. The average molecular weight is 290 g/mol. The molecule has 1 aromatic rings. The summed E-state index contributed by atoms with van der Waals surface area (Å²) in [5, 5.41) is 2.27. The summed E-state index contributed by atoms with van der Waals surface area (Å²) in [7, 11) is 0. The molecule has 0 aromatic heterocycles. The molecule has 0 spiro atoms. The van der Waals surface area contributed by atoms with Crippen molar-refractivity contribution in [3.8, 4) is 11.8 Å². The molecule has 1 N–H and O–H groups in total. The molecule has 19 heavy (non-hydrogen) atoms. The number of carbonyl (C=O) groups is 1. The Morgan fingerprint density at radius 2 is 2.11 bits per heavy atom. The van der Waals surface area contributed by atoms with Crippen LogP contribution in [0.1, 0.15) is 12.5 Å². The highest BCUT2D eigenvalue weighted by Crippen LogP contribution is 2.47. The Labute approximate surface area is 111 Å². The van der Waals surface area contributed by atoms with Crippen molar-refractivity contribution in [2.45, 2.75) is 18.7 Å². The minimum Gasteiger partial charge on any atom is -0.415 e. The smallest absolute Gasteiger partial charge is 0.415 e. The first-order valence-corrected chi connectivity index (χ1v) is 5.48. The van der Waals surface area contributed by atoms with Gasteiger partial charge in [-0.25, -0.2) is 4.79 Å². The van der Waals surface area contributed by atoms with Crippen molar-refractivity contribution in [2.75, 3.05) is 5.32 Å². The van der Waals surface area contributed by atoms with Crippen LogP contribution in [0, 0.1) is 11.8 Å². The molecule has 1 atom stereocenters. The third kappa shape index (κ3) is 2.10. The Morgan fingerprint density at radius 1 is 1.42 bits per heavy atom. The summed E-state index contributed by atoms with van der Waals surface area (Å²) in [5.41, 5.74) is -3.35. The van der Waals surface area contributed by atoms with Gasteiger partial charge in [-0.05, 0) is 31.0 Å². The maximum absolute atomic E-state index is 13.3. The minimum absolute atomic E-state index is 0.0271. The number of hydrogen-bond acceptors (Lipinski definition) is 2. The second-order valence-corrected chi connectivity index (χ2v) is 4.19. The van der Waals surface area contributed by atoms with Crippen molar-refractivity contribution in [2.24, 2.45) is 0 Å². The summed E-state index contributed by atoms with van der Waals surface area (Å²) in [5.74, 6) is 4.08. The molecule has 2 rings (SSSR count). The van der Waals surface area contributed by atoms with Crippen LogP contribution < -0.4 is 5.32 Å². The molecule has 0 fully saturated rings. The van der Waals surface area contributed by atoms with Crippen LogP contribution in [0.3, 0.4) is 0 Å². The molecule has 100 valence electrons. The standard InChI is InChI=1S/C12H7ClF3NO2/c1-2-5-11(12(14,15)16)8-6-7(13)3-4-9(8)17-10(18)19-11/h3-4,6H,1H3,(H,17,18). The molecule has 1 aliphatic heterocycles. The van der Waals surface area contributed by atoms with Crippen LogP contribution in [0.15, 0.2) is 18.2 Å². The zero-order chi connectivity index (χ0) is 14.3. The number of ether oxygens (including phenoxy) is 1. The molecule has 0 saturated carbocycles. The molecular weight excluding hydrogens is 283 g/mol. The van der Waals surface area contributed by atoms with Gasteiger partial charge in [0.05, 0.1) is 5.69 Å². The number of anilines is 1. The van der Waals surface area contributed by atoms with E-state index in [0.717, 1.165) is 6.07 Å². The fourth-order valence-electron chi connectivity index (χ4n) is 1.80. The number of rotatable bonds is 0. The normalized spacial score (nSPS) is 21.6. The molecule has 7 heteroatoms. The molecule has 3 nitrogen and oxygen atoms in total. The molecule has 1 aromatic carbocycles. The quantitative estimate of drug-likeness (QED) is 0.740.